The maximum absolute atomic E-state index is 12.1. The van der Waals surface area contributed by atoms with Crippen molar-refractivity contribution in [2.24, 2.45) is 5.14 Å². The van der Waals surface area contributed by atoms with Crippen molar-refractivity contribution < 1.29 is 18.0 Å². The number of rotatable bonds is 7. The molecule has 0 spiro atoms. The van der Waals surface area contributed by atoms with Gasteiger partial charge in [-0.15, -0.1) is 0 Å². The summed E-state index contributed by atoms with van der Waals surface area (Å²) < 4.78 is 22.4. The molecule has 2 rings (SSSR count). The van der Waals surface area contributed by atoms with Crippen LogP contribution in [0.5, 0.6) is 0 Å². The molecular weight excluding hydrogens is 390 g/mol. The van der Waals surface area contributed by atoms with Gasteiger partial charge in [-0.05, 0) is 55.3 Å². The molecule has 0 saturated heterocycles. The third-order valence-corrected chi connectivity index (χ3v) is 4.99. The highest BCUT2D eigenvalue weighted by atomic mass is 35.5. The van der Waals surface area contributed by atoms with Gasteiger partial charge in [-0.25, -0.2) is 13.6 Å². The maximum Gasteiger partial charge on any atom is 0.251 e. The van der Waals surface area contributed by atoms with E-state index in [9.17, 15) is 18.0 Å². The molecule has 0 unspecified atom stereocenters. The molecule has 2 aromatic carbocycles. The van der Waals surface area contributed by atoms with E-state index in [2.05, 4.69) is 10.6 Å². The van der Waals surface area contributed by atoms with Gasteiger partial charge in [-0.1, -0.05) is 23.7 Å². The smallest absolute Gasteiger partial charge is 0.251 e. The Morgan fingerprint density at radius 3 is 2.22 bits per heavy atom. The van der Waals surface area contributed by atoms with Crippen molar-refractivity contribution in [1.29, 1.82) is 0 Å². The maximum atomic E-state index is 12.1. The minimum atomic E-state index is -3.72. The minimum Gasteiger partial charge on any atom is -0.354 e. The molecule has 0 aliphatic rings. The molecular formula is C18H20ClN3O4S. The van der Waals surface area contributed by atoms with E-state index in [1.54, 1.807) is 43.3 Å². The number of amides is 2. The topological polar surface area (TPSA) is 118 Å². The number of carbonyl (C=O) groups is 2. The summed E-state index contributed by atoms with van der Waals surface area (Å²) in [6.45, 7) is 1.93. The molecule has 0 saturated carbocycles. The second kappa shape index (κ2) is 8.98. The summed E-state index contributed by atoms with van der Waals surface area (Å²) in [5.41, 5.74) is 1.26. The van der Waals surface area contributed by atoms with E-state index in [0.29, 0.717) is 23.6 Å². The lowest BCUT2D eigenvalue weighted by molar-refractivity contribution is -0.122. The van der Waals surface area contributed by atoms with Gasteiger partial charge in [0.25, 0.3) is 5.91 Å². The lowest BCUT2D eigenvalue weighted by Crippen LogP contribution is -2.45. The summed E-state index contributed by atoms with van der Waals surface area (Å²) >= 11 is 5.78. The highest BCUT2D eigenvalue weighted by molar-refractivity contribution is 7.89. The van der Waals surface area contributed by atoms with E-state index < -0.39 is 16.1 Å². The molecule has 2 amide bonds. The van der Waals surface area contributed by atoms with Crippen molar-refractivity contribution in [1.82, 2.24) is 10.6 Å². The van der Waals surface area contributed by atoms with Crippen molar-refractivity contribution in [2.75, 3.05) is 6.54 Å². The summed E-state index contributed by atoms with van der Waals surface area (Å²) in [5.74, 6) is -0.689. The van der Waals surface area contributed by atoms with E-state index in [1.165, 1.54) is 12.1 Å². The Balaban J connectivity index is 1.81. The molecule has 0 aliphatic heterocycles. The van der Waals surface area contributed by atoms with Crippen LogP contribution in [0, 0.1) is 0 Å². The molecule has 2 aromatic rings. The molecule has 0 heterocycles. The summed E-state index contributed by atoms with van der Waals surface area (Å²) in [6, 6.07) is 11.8. The van der Waals surface area contributed by atoms with E-state index >= 15 is 0 Å². The van der Waals surface area contributed by atoms with Gasteiger partial charge in [0.1, 0.15) is 6.04 Å². The monoisotopic (exact) mass is 409 g/mol. The second-order valence-electron chi connectivity index (χ2n) is 5.93. The Morgan fingerprint density at radius 1 is 1.07 bits per heavy atom. The van der Waals surface area contributed by atoms with Gasteiger partial charge < -0.3 is 10.6 Å². The molecule has 0 aliphatic carbocycles. The van der Waals surface area contributed by atoms with Gasteiger partial charge in [0, 0.05) is 17.1 Å². The first-order valence-electron chi connectivity index (χ1n) is 8.12. The Kier molecular flexibility index (Phi) is 6.95. The van der Waals surface area contributed by atoms with E-state index in [1.807, 2.05) is 0 Å². The van der Waals surface area contributed by atoms with Crippen LogP contribution in [0.2, 0.25) is 5.02 Å². The zero-order chi connectivity index (χ0) is 20.0. The zero-order valence-electron chi connectivity index (χ0n) is 14.6. The van der Waals surface area contributed by atoms with Crippen LogP contribution in [0.3, 0.4) is 0 Å². The summed E-state index contributed by atoms with van der Waals surface area (Å²) in [4.78, 5) is 24.2. The third-order valence-electron chi connectivity index (χ3n) is 3.81. The summed E-state index contributed by atoms with van der Waals surface area (Å²) in [7, 11) is -3.72. The van der Waals surface area contributed by atoms with E-state index in [-0.39, 0.29) is 16.7 Å². The molecule has 0 fully saturated rings. The fourth-order valence-electron chi connectivity index (χ4n) is 2.28. The van der Waals surface area contributed by atoms with Gasteiger partial charge in [0.05, 0.1) is 4.90 Å². The largest absolute Gasteiger partial charge is 0.354 e. The lowest BCUT2D eigenvalue weighted by atomic mass is 10.1. The van der Waals surface area contributed by atoms with Crippen molar-refractivity contribution >= 4 is 33.4 Å². The van der Waals surface area contributed by atoms with Crippen molar-refractivity contribution in [2.45, 2.75) is 24.3 Å². The second-order valence-corrected chi connectivity index (χ2v) is 7.93. The average molecular weight is 410 g/mol. The number of benzene rings is 2. The van der Waals surface area contributed by atoms with Crippen LogP contribution in [0.1, 0.15) is 22.8 Å². The van der Waals surface area contributed by atoms with Crippen LogP contribution >= 0.6 is 11.6 Å². The molecule has 4 N–H and O–H groups in total. The first-order valence-corrected chi connectivity index (χ1v) is 10.0. The fraction of sp³-hybridized carbons (Fsp3) is 0.222. The first kappa shape index (κ1) is 20.9. The van der Waals surface area contributed by atoms with Crippen LogP contribution in [0.25, 0.3) is 0 Å². The third kappa shape index (κ3) is 6.35. The van der Waals surface area contributed by atoms with Crippen LogP contribution in [-0.4, -0.2) is 32.8 Å². The Bertz CT molecular complexity index is 913. The number of hydrogen-bond acceptors (Lipinski definition) is 4. The molecule has 0 bridgehead atoms. The van der Waals surface area contributed by atoms with Crippen LogP contribution in [0.15, 0.2) is 53.4 Å². The predicted octanol–water partition coefficient (Wildman–Crippen LogP) is 1.46. The zero-order valence-corrected chi connectivity index (χ0v) is 16.2. The number of nitrogens with one attached hydrogen (secondary N) is 2. The highest BCUT2D eigenvalue weighted by Gasteiger charge is 2.16. The van der Waals surface area contributed by atoms with Crippen molar-refractivity contribution in [3.63, 3.8) is 0 Å². The number of halogens is 1. The van der Waals surface area contributed by atoms with Crippen molar-refractivity contribution in [3.8, 4) is 0 Å². The van der Waals surface area contributed by atoms with Gasteiger partial charge in [0.15, 0.2) is 0 Å². The molecule has 7 nitrogen and oxygen atoms in total. The lowest BCUT2D eigenvalue weighted by Gasteiger charge is -2.14. The first-order chi connectivity index (χ1) is 12.7. The van der Waals surface area contributed by atoms with E-state index in [0.717, 1.165) is 5.56 Å². The Morgan fingerprint density at radius 2 is 1.67 bits per heavy atom. The predicted molar refractivity (Wildman–Crippen MR) is 103 cm³/mol. The number of sulfonamides is 1. The number of carbonyl (C=O) groups excluding carboxylic acids is 2. The Hall–Kier alpha value is -2.42. The summed E-state index contributed by atoms with van der Waals surface area (Å²) in [5, 5.41) is 10.9. The number of primary sulfonamides is 1. The van der Waals surface area contributed by atoms with Crippen LogP contribution < -0.4 is 15.8 Å². The molecule has 0 radical (unpaired) electrons. The SMILES string of the molecule is C[C@H](NC(=O)c1ccc(Cl)cc1)C(=O)NCCc1ccc(S(N)(=O)=O)cc1. The number of nitrogens with two attached hydrogens (primary N) is 1. The van der Waals surface area contributed by atoms with Gasteiger partial charge in [-0.3, -0.25) is 9.59 Å². The van der Waals surface area contributed by atoms with E-state index in [4.69, 9.17) is 16.7 Å². The molecule has 9 heteroatoms. The standard InChI is InChI=1S/C18H20ClN3O4S/c1-12(22-18(24)14-4-6-15(19)7-5-14)17(23)21-11-10-13-2-8-16(9-3-13)27(20,25)26/h2-9,12H,10-11H2,1H3,(H,21,23)(H,22,24)(H2,20,25,26)/t12-/m0/s1. The van der Waals surface area contributed by atoms with Crippen LogP contribution in [0.4, 0.5) is 0 Å². The number of hydrogen-bond donors (Lipinski definition) is 3. The molecule has 144 valence electrons. The molecule has 27 heavy (non-hydrogen) atoms. The molecule has 0 aromatic heterocycles. The average Bonchev–Trinajstić information content (AvgIpc) is 2.61. The summed E-state index contributed by atoms with van der Waals surface area (Å²) in [6.07, 6.45) is 0.508. The normalized spacial score (nSPS) is 12.3. The van der Waals surface area contributed by atoms with Crippen molar-refractivity contribution in [3.05, 3.63) is 64.7 Å². The Labute approximate surface area is 163 Å². The minimum absolute atomic E-state index is 0.0359. The fourth-order valence-corrected chi connectivity index (χ4v) is 2.92. The molecule has 1 atom stereocenters. The quantitative estimate of drug-likeness (QED) is 0.641. The highest BCUT2D eigenvalue weighted by Crippen LogP contribution is 2.10. The van der Waals surface area contributed by atoms with Gasteiger partial charge in [0.2, 0.25) is 15.9 Å². The van der Waals surface area contributed by atoms with Gasteiger partial charge >= 0.3 is 0 Å². The van der Waals surface area contributed by atoms with Gasteiger partial charge in [-0.2, -0.15) is 0 Å². The van der Waals surface area contributed by atoms with Crippen LogP contribution in [-0.2, 0) is 21.2 Å².